The van der Waals surface area contributed by atoms with E-state index in [0.29, 0.717) is 21.3 Å². The Hall–Kier alpha value is -2.22. The number of carboxylic acid groups (broad SMARTS) is 1. The van der Waals surface area contributed by atoms with E-state index in [1.54, 1.807) is 6.20 Å². The van der Waals surface area contributed by atoms with Gasteiger partial charge in [0.25, 0.3) is 0 Å². The molecule has 3 aromatic rings. The van der Waals surface area contributed by atoms with Gasteiger partial charge in [-0.3, -0.25) is 4.68 Å². The standard InChI is InChI=1S/C13H12BrN5O2/c1-7(2)19-5-8(3-16-19)9-6-18(13(20)21)12-11(9)17-10(14)4-15-12/h3-7H,1-2H3,(H,20,21). The van der Waals surface area contributed by atoms with Crippen LogP contribution in [0, 0.1) is 0 Å². The minimum Gasteiger partial charge on any atom is -0.464 e. The molecular weight excluding hydrogens is 338 g/mol. The van der Waals surface area contributed by atoms with E-state index < -0.39 is 6.09 Å². The zero-order valence-corrected chi connectivity index (χ0v) is 12.9. The molecule has 0 aliphatic heterocycles. The first-order chi connectivity index (χ1) is 9.97. The number of carbonyl (C=O) groups is 1. The third kappa shape index (κ3) is 2.31. The van der Waals surface area contributed by atoms with Crippen LogP contribution in [0.25, 0.3) is 22.3 Å². The molecular formula is C13H12BrN5O2. The minimum absolute atomic E-state index is 0.226. The predicted molar refractivity (Wildman–Crippen MR) is 80.3 cm³/mol. The maximum atomic E-state index is 11.3. The van der Waals surface area contributed by atoms with Crippen molar-refractivity contribution < 1.29 is 9.90 Å². The molecule has 0 bridgehead atoms. The number of halogens is 1. The van der Waals surface area contributed by atoms with Crippen LogP contribution in [0.3, 0.4) is 0 Å². The molecule has 3 rings (SSSR count). The molecule has 0 aliphatic carbocycles. The fourth-order valence-corrected chi connectivity index (χ4v) is 2.37. The Bertz CT molecular complexity index is 836. The molecule has 21 heavy (non-hydrogen) atoms. The molecule has 0 amide bonds. The zero-order valence-electron chi connectivity index (χ0n) is 11.4. The summed E-state index contributed by atoms with van der Waals surface area (Å²) in [7, 11) is 0. The van der Waals surface area contributed by atoms with Gasteiger partial charge in [-0.05, 0) is 29.8 Å². The highest BCUT2D eigenvalue weighted by Crippen LogP contribution is 2.29. The van der Waals surface area contributed by atoms with E-state index in [9.17, 15) is 9.90 Å². The zero-order chi connectivity index (χ0) is 15.1. The number of fused-ring (bicyclic) bond motifs is 1. The second-order valence-electron chi connectivity index (χ2n) is 4.86. The fraction of sp³-hybridized carbons (Fsp3) is 0.231. The molecule has 0 aliphatic rings. The summed E-state index contributed by atoms with van der Waals surface area (Å²) < 4.78 is 3.43. The van der Waals surface area contributed by atoms with E-state index >= 15 is 0 Å². The average Bonchev–Trinajstić information content (AvgIpc) is 3.01. The van der Waals surface area contributed by atoms with Gasteiger partial charge in [0.1, 0.15) is 10.1 Å². The van der Waals surface area contributed by atoms with E-state index in [4.69, 9.17) is 0 Å². The van der Waals surface area contributed by atoms with Gasteiger partial charge in [-0.15, -0.1) is 0 Å². The lowest BCUT2D eigenvalue weighted by atomic mass is 10.2. The third-order valence-corrected chi connectivity index (χ3v) is 3.50. The second-order valence-corrected chi connectivity index (χ2v) is 5.68. The van der Waals surface area contributed by atoms with E-state index in [1.165, 1.54) is 12.4 Å². The summed E-state index contributed by atoms with van der Waals surface area (Å²) in [5.74, 6) is 0. The van der Waals surface area contributed by atoms with Gasteiger partial charge in [-0.25, -0.2) is 19.3 Å². The first kappa shape index (κ1) is 13.7. The Morgan fingerprint density at radius 2 is 2.10 bits per heavy atom. The molecule has 7 nitrogen and oxygen atoms in total. The molecule has 8 heteroatoms. The largest absolute Gasteiger partial charge is 0.464 e. The number of hydrogen-bond donors (Lipinski definition) is 1. The fourth-order valence-electron chi connectivity index (χ4n) is 2.09. The van der Waals surface area contributed by atoms with Crippen molar-refractivity contribution >= 4 is 33.2 Å². The van der Waals surface area contributed by atoms with Crippen LogP contribution >= 0.6 is 15.9 Å². The van der Waals surface area contributed by atoms with Gasteiger partial charge in [0.15, 0.2) is 5.65 Å². The molecule has 3 heterocycles. The van der Waals surface area contributed by atoms with Crippen LogP contribution in [-0.2, 0) is 0 Å². The van der Waals surface area contributed by atoms with Gasteiger partial charge in [-0.1, -0.05) is 0 Å². The lowest BCUT2D eigenvalue weighted by molar-refractivity contribution is 0.197. The van der Waals surface area contributed by atoms with Crippen molar-refractivity contribution in [2.24, 2.45) is 0 Å². The summed E-state index contributed by atoms with van der Waals surface area (Å²) in [4.78, 5) is 19.8. The highest BCUT2D eigenvalue weighted by atomic mass is 79.9. The Balaban J connectivity index is 2.25. The van der Waals surface area contributed by atoms with E-state index in [-0.39, 0.29) is 6.04 Å². The summed E-state index contributed by atoms with van der Waals surface area (Å²) in [5, 5.41) is 13.5. The van der Waals surface area contributed by atoms with Crippen LogP contribution in [0.2, 0.25) is 0 Å². The summed E-state index contributed by atoms with van der Waals surface area (Å²) in [5.41, 5.74) is 2.32. The number of hydrogen-bond acceptors (Lipinski definition) is 4. The molecule has 0 spiro atoms. The van der Waals surface area contributed by atoms with Crippen LogP contribution in [0.1, 0.15) is 19.9 Å². The maximum Gasteiger partial charge on any atom is 0.417 e. The molecule has 0 fully saturated rings. The van der Waals surface area contributed by atoms with Gasteiger partial charge in [0.2, 0.25) is 0 Å². The van der Waals surface area contributed by atoms with Gasteiger partial charge >= 0.3 is 6.09 Å². The molecule has 0 unspecified atom stereocenters. The maximum absolute atomic E-state index is 11.3. The molecule has 0 saturated carbocycles. The number of nitrogens with zero attached hydrogens (tertiary/aromatic N) is 5. The minimum atomic E-state index is -1.10. The average molecular weight is 350 g/mol. The predicted octanol–water partition coefficient (Wildman–Crippen LogP) is 3.16. The first-order valence-corrected chi connectivity index (χ1v) is 7.08. The lowest BCUT2D eigenvalue weighted by Gasteiger charge is -2.02. The molecule has 1 N–H and O–H groups in total. The van der Waals surface area contributed by atoms with Gasteiger partial charge in [0, 0.05) is 29.6 Å². The van der Waals surface area contributed by atoms with Crippen molar-refractivity contribution in [1.29, 1.82) is 0 Å². The summed E-state index contributed by atoms with van der Waals surface area (Å²) in [6, 6.07) is 0.226. The summed E-state index contributed by atoms with van der Waals surface area (Å²) >= 11 is 3.26. The first-order valence-electron chi connectivity index (χ1n) is 6.29. The van der Waals surface area contributed by atoms with Crippen molar-refractivity contribution in [3.63, 3.8) is 0 Å². The number of rotatable bonds is 2. The Morgan fingerprint density at radius 1 is 1.33 bits per heavy atom. The van der Waals surface area contributed by atoms with Crippen LogP contribution in [0.5, 0.6) is 0 Å². The van der Waals surface area contributed by atoms with Crippen LogP contribution in [0.15, 0.2) is 29.4 Å². The highest BCUT2D eigenvalue weighted by Gasteiger charge is 2.18. The molecule has 108 valence electrons. The van der Waals surface area contributed by atoms with Crippen molar-refractivity contribution in [3.8, 4) is 11.1 Å². The van der Waals surface area contributed by atoms with Crippen molar-refractivity contribution in [3.05, 3.63) is 29.4 Å². The Kier molecular flexibility index (Phi) is 3.25. The normalized spacial score (nSPS) is 11.4. The summed E-state index contributed by atoms with van der Waals surface area (Å²) in [6.07, 6.45) is 5.46. The Morgan fingerprint density at radius 3 is 2.71 bits per heavy atom. The topological polar surface area (TPSA) is 85.8 Å². The van der Waals surface area contributed by atoms with Crippen molar-refractivity contribution in [2.75, 3.05) is 0 Å². The summed E-state index contributed by atoms with van der Waals surface area (Å²) in [6.45, 7) is 4.04. The van der Waals surface area contributed by atoms with Gasteiger partial charge in [-0.2, -0.15) is 5.10 Å². The third-order valence-electron chi connectivity index (χ3n) is 3.11. The molecule has 0 radical (unpaired) electrons. The van der Waals surface area contributed by atoms with E-state index in [1.807, 2.05) is 24.7 Å². The smallest absolute Gasteiger partial charge is 0.417 e. The molecule has 0 saturated heterocycles. The lowest BCUT2D eigenvalue weighted by Crippen LogP contribution is -2.06. The van der Waals surface area contributed by atoms with Crippen molar-refractivity contribution in [1.82, 2.24) is 24.3 Å². The van der Waals surface area contributed by atoms with Crippen LogP contribution in [0.4, 0.5) is 4.79 Å². The Labute approximate surface area is 128 Å². The van der Waals surface area contributed by atoms with Crippen LogP contribution < -0.4 is 0 Å². The molecule has 0 atom stereocenters. The number of aromatic nitrogens is 5. The van der Waals surface area contributed by atoms with Gasteiger partial charge < -0.3 is 5.11 Å². The van der Waals surface area contributed by atoms with E-state index in [2.05, 4.69) is 31.0 Å². The van der Waals surface area contributed by atoms with Crippen molar-refractivity contribution in [2.45, 2.75) is 19.9 Å². The molecule has 0 aromatic carbocycles. The van der Waals surface area contributed by atoms with Gasteiger partial charge in [0.05, 0.1) is 12.4 Å². The highest BCUT2D eigenvalue weighted by molar-refractivity contribution is 9.10. The monoisotopic (exact) mass is 349 g/mol. The van der Waals surface area contributed by atoms with E-state index in [0.717, 1.165) is 10.1 Å². The SMILES string of the molecule is CC(C)n1cc(-c2cn(C(=O)O)c3ncc(Br)nc23)cn1. The molecule has 3 aromatic heterocycles. The quantitative estimate of drug-likeness (QED) is 0.767. The van der Waals surface area contributed by atoms with Crippen LogP contribution in [-0.4, -0.2) is 35.5 Å². The second kappa shape index (κ2) is 4.96.